The first-order valence-corrected chi connectivity index (χ1v) is 9.08. The molecule has 0 heterocycles. The van der Waals surface area contributed by atoms with Gasteiger partial charge < -0.3 is 5.32 Å². The second kappa shape index (κ2) is 11.4. The molecule has 0 aromatic rings. The average Bonchev–Trinajstić information content (AvgIpc) is 3.27. The highest BCUT2D eigenvalue weighted by Crippen LogP contribution is 2.35. The van der Waals surface area contributed by atoms with Gasteiger partial charge in [0.15, 0.2) is 0 Å². The van der Waals surface area contributed by atoms with Crippen molar-refractivity contribution in [1.29, 1.82) is 0 Å². The monoisotopic (exact) mass is 301 g/mol. The van der Waals surface area contributed by atoms with Gasteiger partial charge in [0.1, 0.15) is 0 Å². The fourth-order valence-corrected chi connectivity index (χ4v) is 2.85. The molecular formula is C17H32ClNO. The smallest absolute Gasteiger partial charge is 0.220 e. The molecule has 0 aromatic carbocycles. The fourth-order valence-electron chi connectivity index (χ4n) is 2.52. The van der Waals surface area contributed by atoms with Gasteiger partial charge in [-0.15, -0.1) is 11.6 Å². The Balaban J connectivity index is 1.79. The number of halogens is 1. The minimum Gasteiger partial charge on any atom is -0.355 e. The quantitative estimate of drug-likeness (QED) is 0.375. The van der Waals surface area contributed by atoms with Crippen LogP contribution in [0.3, 0.4) is 0 Å². The predicted octanol–water partition coefficient (Wildman–Crippen LogP) is 5.04. The Morgan fingerprint density at radius 3 is 2.15 bits per heavy atom. The molecule has 0 aromatic heterocycles. The Bertz CT molecular complexity index is 253. The first kappa shape index (κ1) is 17.8. The van der Waals surface area contributed by atoms with Crippen molar-refractivity contribution in [3.63, 3.8) is 0 Å². The lowest BCUT2D eigenvalue weighted by Crippen LogP contribution is -2.30. The van der Waals surface area contributed by atoms with E-state index in [1.54, 1.807) is 0 Å². The zero-order valence-electron chi connectivity index (χ0n) is 13.1. The summed E-state index contributed by atoms with van der Waals surface area (Å²) in [5, 5.41) is 3.11. The molecule has 0 bridgehead atoms. The third-order valence-corrected chi connectivity index (χ3v) is 4.65. The summed E-state index contributed by atoms with van der Waals surface area (Å²) < 4.78 is 0. The van der Waals surface area contributed by atoms with Gasteiger partial charge in [-0.05, 0) is 25.2 Å². The second-order valence-electron chi connectivity index (χ2n) is 6.24. The Kier molecular flexibility index (Phi) is 10.2. The Morgan fingerprint density at radius 1 is 1.05 bits per heavy atom. The number of nitrogens with one attached hydrogen (secondary N) is 1. The summed E-state index contributed by atoms with van der Waals surface area (Å²) in [7, 11) is 0. The van der Waals surface area contributed by atoms with Crippen LogP contribution in [-0.2, 0) is 4.79 Å². The van der Waals surface area contributed by atoms with E-state index >= 15 is 0 Å². The van der Waals surface area contributed by atoms with Crippen LogP contribution >= 0.6 is 11.6 Å². The molecule has 0 spiro atoms. The summed E-state index contributed by atoms with van der Waals surface area (Å²) >= 11 is 6.16. The number of carbonyl (C=O) groups is 1. The first-order valence-electron chi connectivity index (χ1n) is 8.64. The molecule has 1 unspecified atom stereocenters. The molecule has 0 saturated heterocycles. The van der Waals surface area contributed by atoms with Gasteiger partial charge in [0, 0.05) is 13.0 Å². The zero-order valence-corrected chi connectivity index (χ0v) is 13.9. The summed E-state index contributed by atoms with van der Waals surface area (Å²) in [6.07, 6.45) is 14.8. The van der Waals surface area contributed by atoms with E-state index in [1.807, 2.05) is 0 Å². The summed E-state index contributed by atoms with van der Waals surface area (Å²) in [4.78, 5) is 11.6. The van der Waals surface area contributed by atoms with Crippen molar-refractivity contribution >= 4 is 17.5 Å². The van der Waals surface area contributed by atoms with E-state index in [1.165, 1.54) is 64.2 Å². The van der Waals surface area contributed by atoms with Crippen molar-refractivity contribution in [3.05, 3.63) is 0 Å². The number of unbranched alkanes of at least 4 members (excludes halogenated alkanes) is 8. The molecule has 3 heteroatoms. The van der Waals surface area contributed by atoms with E-state index in [2.05, 4.69) is 12.2 Å². The summed E-state index contributed by atoms with van der Waals surface area (Å²) in [5.74, 6) is 0.837. The highest BCUT2D eigenvalue weighted by atomic mass is 35.5. The molecule has 1 fully saturated rings. The second-order valence-corrected chi connectivity index (χ2v) is 6.80. The standard InChI is InChI=1S/C17H32ClNO/c1-2-3-4-5-6-7-8-9-10-11-17(20)19-14-16(18)15-12-13-15/h15-16H,2-14H2,1H3,(H,19,20). The summed E-state index contributed by atoms with van der Waals surface area (Å²) in [6, 6.07) is 0. The van der Waals surface area contributed by atoms with Crippen molar-refractivity contribution < 1.29 is 4.79 Å². The summed E-state index contributed by atoms with van der Waals surface area (Å²) in [5.41, 5.74) is 0. The van der Waals surface area contributed by atoms with Crippen LogP contribution in [0.5, 0.6) is 0 Å². The van der Waals surface area contributed by atoms with Crippen LogP contribution in [-0.4, -0.2) is 17.8 Å². The van der Waals surface area contributed by atoms with Gasteiger partial charge in [0.25, 0.3) is 0 Å². The van der Waals surface area contributed by atoms with Gasteiger partial charge in [0.2, 0.25) is 5.91 Å². The van der Waals surface area contributed by atoms with Gasteiger partial charge >= 0.3 is 0 Å². The third-order valence-electron chi connectivity index (χ3n) is 4.14. The lowest BCUT2D eigenvalue weighted by atomic mass is 10.1. The van der Waals surface area contributed by atoms with E-state index in [9.17, 15) is 4.79 Å². The van der Waals surface area contributed by atoms with Crippen molar-refractivity contribution in [1.82, 2.24) is 5.32 Å². The van der Waals surface area contributed by atoms with Crippen LogP contribution in [0.25, 0.3) is 0 Å². The van der Waals surface area contributed by atoms with Crippen LogP contribution in [0.15, 0.2) is 0 Å². The number of alkyl halides is 1. The molecule has 1 aliphatic carbocycles. The molecule has 1 saturated carbocycles. The average molecular weight is 302 g/mol. The Hall–Kier alpha value is -0.240. The van der Waals surface area contributed by atoms with Gasteiger partial charge in [0.05, 0.1) is 5.38 Å². The number of carbonyl (C=O) groups excluding carboxylic acids is 1. The molecule has 1 aliphatic rings. The zero-order chi connectivity index (χ0) is 14.6. The largest absolute Gasteiger partial charge is 0.355 e. The highest BCUT2D eigenvalue weighted by molar-refractivity contribution is 6.21. The van der Waals surface area contributed by atoms with E-state index in [-0.39, 0.29) is 11.3 Å². The van der Waals surface area contributed by atoms with Crippen LogP contribution < -0.4 is 5.32 Å². The maximum Gasteiger partial charge on any atom is 0.220 e. The maximum absolute atomic E-state index is 11.6. The molecular weight excluding hydrogens is 270 g/mol. The minimum atomic E-state index is 0.155. The van der Waals surface area contributed by atoms with E-state index in [0.29, 0.717) is 18.9 Å². The van der Waals surface area contributed by atoms with Crippen LogP contribution in [0, 0.1) is 5.92 Å². The molecule has 1 N–H and O–H groups in total. The minimum absolute atomic E-state index is 0.155. The molecule has 1 atom stereocenters. The number of hydrogen-bond donors (Lipinski definition) is 1. The molecule has 2 nitrogen and oxygen atoms in total. The van der Waals surface area contributed by atoms with Gasteiger partial charge in [-0.2, -0.15) is 0 Å². The molecule has 1 amide bonds. The number of hydrogen-bond acceptors (Lipinski definition) is 1. The van der Waals surface area contributed by atoms with Crippen LogP contribution in [0.2, 0.25) is 0 Å². The van der Waals surface area contributed by atoms with Gasteiger partial charge in [-0.25, -0.2) is 0 Å². The van der Waals surface area contributed by atoms with E-state index < -0.39 is 0 Å². The predicted molar refractivity (Wildman–Crippen MR) is 87.2 cm³/mol. The molecule has 118 valence electrons. The molecule has 0 aliphatic heterocycles. The lowest BCUT2D eigenvalue weighted by Gasteiger charge is -2.09. The Morgan fingerprint density at radius 2 is 1.60 bits per heavy atom. The molecule has 1 rings (SSSR count). The van der Waals surface area contributed by atoms with E-state index in [0.717, 1.165) is 6.42 Å². The normalized spacial score (nSPS) is 16.1. The Labute approximate surface area is 130 Å². The molecule has 20 heavy (non-hydrogen) atoms. The van der Waals surface area contributed by atoms with Crippen molar-refractivity contribution in [2.75, 3.05) is 6.54 Å². The first-order chi connectivity index (χ1) is 9.74. The number of rotatable bonds is 13. The summed E-state index contributed by atoms with van der Waals surface area (Å²) in [6.45, 7) is 2.91. The van der Waals surface area contributed by atoms with Crippen LogP contribution in [0.4, 0.5) is 0 Å². The topological polar surface area (TPSA) is 29.1 Å². The fraction of sp³-hybridized carbons (Fsp3) is 0.941. The van der Waals surface area contributed by atoms with Gasteiger partial charge in [-0.3, -0.25) is 4.79 Å². The number of amides is 1. The maximum atomic E-state index is 11.6. The van der Waals surface area contributed by atoms with Crippen molar-refractivity contribution in [3.8, 4) is 0 Å². The van der Waals surface area contributed by atoms with Gasteiger partial charge in [-0.1, -0.05) is 58.3 Å². The third kappa shape index (κ3) is 9.63. The van der Waals surface area contributed by atoms with Crippen molar-refractivity contribution in [2.45, 2.75) is 89.4 Å². The lowest BCUT2D eigenvalue weighted by molar-refractivity contribution is -0.121. The van der Waals surface area contributed by atoms with Crippen LogP contribution in [0.1, 0.15) is 84.0 Å². The molecule has 0 radical (unpaired) electrons. The van der Waals surface area contributed by atoms with E-state index in [4.69, 9.17) is 11.6 Å². The highest BCUT2D eigenvalue weighted by Gasteiger charge is 2.29. The van der Waals surface area contributed by atoms with Crippen molar-refractivity contribution in [2.24, 2.45) is 5.92 Å². The SMILES string of the molecule is CCCCCCCCCCCC(=O)NCC(Cl)C1CC1.